The zero-order chi connectivity index (χ0) is 12.0. The summed E-state index contributed by atoms with van der Waals surface area (Å²) in [4.78, 5) is 17.2. The van der Waals surface area contributed by atoms with Crippen molar-refractivity contribution in [2.45, 2.75) is 0 Å². The average molecular weight is 261 g/mol. The third-order valence-corrected chi connectivity index (χ3v) is 3.33. The predicted molar refractivity (Wildman–Crippen MR) is 66.8 cm³/mol. The molecular weight excluding hydrogens is 248 g/mol. The van der Waals surface area contributed by atoms with Gasteiger partial charge in [0.15, 0.2) is 16.6 Å². The first-order chi connectivity index (χ1) is 7.72. The van der Waals surface area contributed by atoms with Gasteiger partial charge in [-0.15, -0.1) is 6.58 Å². The molecule has 6 heteroatoms. The van der Waals surface area contributed by atoms with Crippen LogP contribution in [0.3, 0.4) is 0 Å². The van der Waals surface area contributed by atoms with Gasteiger partial charge in [-0.2, -0.15) is 0 Å². The number of rotatable bonds is 7. The van der Waals surface area contributed by atoms with Crippen molar-refractivity contribution in [2.75, 3.05) is 31.7 Å². The first-order valence-electron chi connectivity index (χ1n) is 4.69. The molecule has 88 valence electrons. The molecule has 0 radical (unpaired) electrons. The molecule has 0 aliphatic rings. The molecule has 0 saturated carbocycles. The molecule has 0 atom stereocenters. The molecule has 1 aromatic rings. The van der Waals surface area contributed by atoms with E-state index >= 15 is 0 Å². The maximum Gasteiger partial charge on any atom is 0.187 e. The van der Waals surface area contributed by atoms with Crippen LogP contribution >= 0.6 is 22.9 Å². The van der Waals surface area contributed by atoms with Gasteiger partial charge in [0, 0.05) is 20.2 Å². The van der Waals surface area contributed by atoms with E-state index in [0.29, 0.717) is 36.0 Å². The Labute approximate surface area is 103 Å². The minimum atomic E-state index is 0.251. The second-order valence-electron chi connectivity index (χ2n) is 3.00. The molecular formula is C10H13ClN2O2S. The lowest BCUT2D eigenvalue weighted by atomic mass is 10.5. The van der Waals surface area contributed by atoms with Crippen LogP contribution in [0.2, 0.25) is 5.15 Å². The Morgan fingerprint density at radius 1 is 1.69 bits per heavy atom. The fourth-order valence-electron chi connectivity index (χ4n) is 1.13. The van der Waals surface area contributed by atoms with Crippen LogP contribution in [-0.2, 0) is 4.74 Å². The van der Waals surface area contributed by atoms with Crippen molar-refractivity contribution in [3.05, 3.63) is 22.7 Å². The average Bonchev–Trinajstić information content (AvgIpc) is 2.65. The predicted octanol–water partition coefficient (Wildman–Crippen LogP) is 2.25. The number of thiazole rings is 1. The van der Waals surface area contributed by atoms with Gasteiger partial charge < -0.3 is 9.64 Å². The molecule has 0 bridgehead atoms. The normalized spacial score (nSPS) is 10.1. The van der Waals surface area contributed by atoms with Gasteiger partial charge in [-0.3, -0.25) is 4.79 Å². The summed E-state index contributed by atoms with van der Waals surface area (Å²) >= 11 is 7.08. The highest BCUT2D eigenvalue weighted by Gasteiger charge is 2.13. The van der Waals surface area contributed by atoms with Gasteiger partial charge in [0.2, 0.25) is 0 Å². The quantitative estimate of drug-likeness (QED) is 0.557. The number of hydrogen-bond acceptors (Lipinski definition) is 5. The minimum Gasteiger partial charge on any atom is -0.383 e. The Bertz CT molecular complexity index is 368. The van der Waals surface area contributed by atoms with Gasteiger partial charge in [-0.05, 0) is 0 Å². The lowest BCUT2D eigenvalue weighted by Crippen LogP contribution is -2.27. The van der Waals surface area contributed by atoms with Crippen molar-refractivity contribution >= 4 is 34.4 Å². The second kappa shape index (κ2) is 6.62. The highest BCUT2D eigenvalue weighted by atomic mass is 35.5. The van der Waals surface area contributed by atoms with E-state index in [0.717, 1.165) is 0 Å². The number of ether oxygens (including phenoxy) is 1. The van der Waals surface area contributed by atoms with E-state index in [1.165, 1.54) is 11.3 Å². The second-order valence-corrected chi connectivity index (χ2v) is 4.36. The number of halogens is 1. The molecule has 0 spiro atoms. The summed E-state index contributed by atoms with van der Waals surface area (Å²) in [6, 6.07) is 0. The molecule has 4 nitrogen and oxygen atoms in total. The van der Waals surface area contributed by atoms with Gasteiger partial charge in [0.05, 0.1) is 6.61 Å². The van der Waals surface area contributed by atoms with Crippen LogP contribution in [0.15, 0.2) is 12.7 Å². The molecule has 1 rings (SSSR count). The van der Waals surface area contributed by atoms with Crippen LogP contribution in [-0.4, -0.2) is 38.1 Å². The first-order valence-corrected chi connectivity index (χ1v) is 5.88. The molecule has 0 amide bonds. The fourth-order valence-corrected chi connectivity index (χ4v) is 2.23. The van der Waals surface area contributed by atoms with E-state index < -0.39 is 0 Å². The smallest absolute Gasteiger partial charge is 0.187 e. The van der Waals surface area contributed by atoms with E-state index in [-0.39, 0.29) is 5.15 Å². The van der Waals surface area contributed by atoms with Crippen molar-refractivity contribution in [1.82, 2.24) is 4.98 Å². The summed E-state index contributed by atoms with van der Waals surface area (Å²) in [5.74, 6) is 0. The largest absolute Gasteiger partial charge is 0.383 e. The molecule has 0 N–H and O–H groups in total. The van der Waals surface area contributed by atoms with Crippen molar-refractivity contribution < 1.29 is 9.53 Å². The van der Waals surface area contributed by atoms with Crippen LogP contribution < -0.4 is 4.90 Å². The zero-order valence-electron chi connectivity index (χ0n) is 8.98. The van der Waals surface area contributed by atoms with Crippen LogP contribution in [0.5, 0.6) is 0 Å². The van der Waals surface area contributed by atoms with Gasteiger partial charge in [0.25, 0.3) is 0 Å². The van der Waals surface area contributed by atoms with Gasteiger partial charge in [0.1, 0.15) is 4.88 Å². The monoisotopic (exact) mass is 260 g/mol. The molecule has 0 fully saturated rings. The molecule has 0 aliphatic heterocycles. The number of carbonyl (C=O) groups is 1. The molecule has 0 aliphatic carbocycles. The third kappa shape index (κ3) is 3.30. The third-order valence-electron chi connectivity index (χ3n) is 1.89. The Balaban J connectivity index is 2.82. The number of aldehydes is 1. The Morgan fingerprint density at radius 3 is 2.94 bits per heavy atom. The number of methoxy groups -OCH3 is 1. The summed E-state index contributed by atoms with van der Waals surface area (Å²) in [6.07, 6.45) is 2.48. The summed E-state index contributed by atoms with van der Waals surface area (Å²) < 4.78 is 5.00. The Kier molecular flexibility index (Phi) is 5.45. The van der Waals surface area contributed by atoms with E-state index in [1.54, 1.807) is 13.2 Å². The van der Waals surface area contributed by atoms with Gasteiger partial charge in [-0.25, -0.2) is 4.98 Å². The van der Waals surface area contributed by atoms with E-state index in [9.17, 15) is 4.79 Å². The highest BCUT2D eigenvalue weighted by Crippen LogP contribution is 2.28. The highest BCUT2D eigenvalue weighted by molar-refractivity contribution is 7.17. The Hall–Kier alpha value is -0.910. The lowest BCUT2D eigenvalue weighted by molar-refractivity contribution is 0.112. The van der Waals surface area contributed by atoms with Crippen molar-refractivity contribution in [3.63, 3.8) is 0 Å². The molecule has 1 aromatic heterocycles. The molecule has 0 unspecified atom stereocenters. The Morgan fingerprint density at radius 2 is 2.44 bits per heavy atom. The molecule has 1 heterocycles. The maximum atomic E-state index is 10.7. The zero-order valence-corrected chi connectivity index (χ0v) is 10.6. The summed E-state index contributed by atoms with van der Waals surface area (Å²) in [5, 5.41) is 0.963. The molecule has 0 saturated heterocycles. The van der Waals surface area contributed by atoms with Crippen LogP contribution in [0.25, 0.3) is 0 Å². The van der Waals surface area contributed by atoms with Crippen molar-refractivity contribution in [2.24, 2.45) is 0 Å². The maximum absolute atomic E-state index is 10.7. The molecule has 16 heavy (non-hydrogen) atoms. The molecule has 0 aromatic carbocycles. The standard InChI is InChI=1S/C10H13ClN2O2S/c1-3-4-13(5-6-15-2)10-12-9(11)8(7-14)16-10/h3,7H,1,4-6H2,2H3. The van der Waals surface area contributed by atoms with Crippen LogP contribution in [0.1, 0.15) is 9.67 Å². The van der Waals surface area contributed by atoms with Crippen LogP contribution in [0, 0.1) is 0 Å². The number of aromatic nitrogens is 1. The van der Waals surface area contributed by atoms with Crippen molar-refractivity contribution in [3.8, 4) is 0 Å². The summed E-state index contributed by atoms with van der Waals surface area (Å²) in [7, 11) is 1.64. The summed E-state index contributed by atoms with van der Waals surface area (Å²) in [5.41, 5.74) is 0. The van der Waals surface area contributed by atoms with E-state index in [1.807, 2.05) is 4.90 Å². The first kappa shape index (κ1) is 13.2. The van der Waals surface area contributed by atoms with E-state index in [2.05, 4.69) is 11.6 Å². The minimum absolute atomic E-state index is 0.251. The van der Waals surface area contributed by atoms with E-state index in [4.69, 9.17) is 16.3 Å². The SMILES string of the molecule is C=CCN(CCOC)c1nc(Cl)c(C=O)s1. The fraction of sp³-hybridized carbons (Fsp3) is 0.400. The number of nitrogens with zero attached hydrogens (tertiary/aromatic N) is 2. The summed E-state index contributed by atoms with van der Waals surface area (Å²) in [6.45, 7) is 5.59. The van der Waals surface area contributed by atoms with Gasteiger partial charge in [-0.1, -0.05) is 29.0 Å². The number of hydrogen-bond donors (Lipinski definition) is 0. The van der Waals surface area contributed by atoms with Crippen LogP contribution in [0.4, 0.5) is 5.13 Å². The van der Waals surface area contributed by atoms with Crippen molar-refractivity contribution in [1.29, 1.82) is 0 Å². The van der Waals surface area contributed by atoms with Gasteiger partial charge >= 0.3 is 0 Å². The topological polar surface area (TPSA) is 42.4 Å². The lowest BCUT2D eigenvalue weighted by Gasteiger charge is -2.19. The number of carbonyl (C=O) groups excluding carboxylic acids is 1. The number of anilines is 1.